The molecule has 0 fully saturated rings. The predicted octanol–water partition coefficient (Wildman–Crippen LogP) is 6.06. The van der Waals surface area contributed by atoms with E-state index in [0.717, 1.165) is 43.1 Å². The first-order chi connectivity index (χ1) is 15.1. The van der Waals surface area contributed by atoms with Gasteiger partial charge in [-0.15, -0.1) is 11.3 Å². The first-order valence-corrected chi connectivity index (χ1v) is 10.8. The molecule has 0 atom stereocenters. The van der Waals surface area contributed by atoms with Gasteiger partial charge in [-0.3, -0.25) is 4.79 Å². The van der Waals surface area contributed by atoms with Crippen LogP contribution >= 0.6 is 11.3 Å². The molecule has 0 radical (unpaired) electrons. The fourth-order valence-corrected chi connectivity index (χ4v) is 4.79. The normalized spacial score (nSPS) is 14.5. The molecule has 4 aromatic rings. The Labute approximate surface area is 182 Å². The van der Waals surface area contributed by atoms with Crippen LogP contribution in [0.4, 0.5) is 4.39 Å². The van der Waals surface area contributed by atoms with Crippen LogP contribution in [0.25, 0.3) is 27.4 Å². The summed E-state index contributed by atoms with van der Waals surface area (Å²) in [5.74, 6) is 0.233. The van der Waals surface area contributed by atoms with Gasteiger partial charge in [-0.25, -0.2) is 9.37 Å². The number of benzene rings is 2. The zero-order valence-electron chi connectivity index (χ0n) is 16.8. The molecule has 0 spiro atoms. The summed E-state index contributed by atoms with van der Waals surface area (Å²) in [5.41, 5.74) is 5.41. The second-order valence-corrected chi connectivity index (χ2v) is 8.47. The number of amides is 1. The van der Waals surface area contributed by atoms with E-state index in [4.69, 9.17) is 9.40 Å². The highest BCUT2D eigenvalue weighted by atomic mass is 32.1. The Morgan fingerprint density at radius 3 is 2.84 bits per heavy atom. The lowest BCUT2D eigenvalue weighted by Gasteiger charge is -2.07. The van der Waals surface area contributed by atoms with Crippen LogP contribution in [-0.2, 0) is 11.3 Å². The molecule has 2 aromatic heterocycles. The Hall–Kier alpha value is -3.51. The van der Waals surface area contributed by atoms with Crippen molar-refractivity contribution in [3.05, 3.63) is 94.1 Å². The standard InChI is InChI=1S/C25H19FN2O2S/c1-15-19(12-24(29)27-14-17-5-4-10-30-17)21-11-16(26)8-9-18(21)20(15)13-25-28-22-6-2-3-7-23(22)31-25/h2-11,13H,12,14H2,1H3,(H,27,29)/b20-13-. The Balaban J connectivity index is 1.48. The number of thiazole rings is 1. The summed E-state index contributed by atoms with van der Waals surface area (Å²) in [5, 5.41) is 3.75. The molecule has 0 saturated carbocycles. The number of halogens is 1. The van der Waals surface area contributed by atoms with Gasteiger partial charge in [0.15, 0.2) is 0 Å². The first kappa shape index (κ1) is 19.5. The highest BCUT2D eigenvalue weighted by Gasteiger charge is 2.26. The fraction of sp³-hybridized carbons (Fsp3) is 0.120. The summed E-state index contributed by atoms with van der Waals surface area (Å²) < 4.78 is 20.4. The third kappa shape index (κ3) is 3.82. The number of nitrogens with zero attached hydrogens (tertiary/aromatic N) is 1. The van der Waals surface area contributed by atoms with Gasteiger partial charge in [0.1, 0.15) is 16.6 Å². The maximum atomic E-state index is 14.1. The quantitative estimate of drug-likeness (QED) is 0.419. The lowest BCUT2D eigenvalue weighted by Crippen LogP contribution is -2.22. The summed E-state index contributed by atoms with van der Waals surface area (Å²) >= 11 is 1.61. The Morgan fingerprint density at radius 1 is 1.16 bits per heavy atom. The van der Waals surface area contributed by atoms with Gasteiger partial charge in [0.05, 0.1) is 29.4 Å². The van der Waals surface area contributed by atoms with E-state index in [9.17, 15) is 9.18 Å². The number of allylic oxidation sites excluding steroid dienone is 2. The lowest BCUT2D eigenvalue weighted by atomic mass is 10.0. The van der Waals surface area contributed by atoms with Gasteiger partial charge in [-0.2, -0.15) is 0 Å². The summed E-state index contributed by atoms with van der Waals surface area (Å²) in [6.07, 6.45) is 3.77. The number of hydrogen-bond acceptors (Lipinski definition) is 4. The van der Waals surface area contributed by atoms with Gasteiger partial charge >= 0.3 is 0 Å². The van der Waals surface area contributed by atoms with Gasteiger partial charge in [-0.05, 0) is 77.2 Å². The molecule has 1 aliphatic rings. The molecule has 0 bridgehead atoms. The molecular weight excluding hydrogens is 411 g/mol. The molecule has 154 valence electrons. The largest absolute Gasteiger partial charge is 0.467 e. The van der Waals surface area contributed by atoms with Crippen LogP contribution in [0, 0.1) is 5.82 Å². The predicted molar refractivity (Wildman–Crippen MR) is 122 cm³/mol. The van der Waals surface area contributed by atoms with Crippen molar-refractivity contribution in [1.82, 2.24) is 10.3 Å². The molecule has 0 aliphatic heterocycles. The van der Waals surface area contributed by atoms with E-state index in [1.54, 1.807) is 29.7 Å². The number of aromatic nitrogens is 1. The molecule has 6 heteroatoms. The second-order valence-electron chi connectivity index (χ2n) is 7.40. The van der Waals surface area contributed by atoms with Gasteiger partial charge in [0, 0.05) is 0 Å². The van der Waals surface area contributed by atoms with Crippen LogP contribution in [-0.4, -0.2) is 10.9 Å². The fourth-order valence-electron chi connectivity index (χ4n) is 3.88. The summed E-state index contributed by atoms with van der Waals surface area (Å²) in [7, 11) is 0. The molecule has 31 heavy (non-hydrogen) atoms. The average Bonchev–Trinajstić information content (AvgIpc) is 3.47. The Morgan fingerprint density at radius 2 is 2.03 bits per heavy atom. The number of rotatable bonds is 5. The maximum Gasteiger partial charge on any atom is 0.224 e. The molecule has 5 rings (SSSR count). The second kappa shape index (κ2) is 7.96. The number of furan rings is 1. The molecule has 2 aromatic carbocycles. The molecule has 1 N–H and O–H groups in total. The molecule has 2 heterocycles. The molecule has 4 nitrogen and oxygen atoms in total. The van der Waals surface area contributed by atoms with Crippen molar-refractivity contribution in [2.45, 2.75) is 19.9 Å². The number of hydrogen-bond donors (Lipinski definition) is 1. The van der Waals surface area contributed by atoms with Crippen LogP contribution in [0.2, 0.25) is 0 Å². The van der Waals surface area contributed by atoms with Crippen molar-refractivity contribution in [2.24, 2.45) is 0 Å². The lowest BCUT2D eigenvalue weighted by molar-refractivity contribution is -0.120. The van der Waals surface area contributed by atoms with E-state index < -0.39 is 0 Å². The van der Waals surface area contributed by atoms with Crippen LogP contribution in [0.5, 0.6) is 0 Å². The molecular formula is C25H19FN2O2S. The minimum Gasteiger partial charge on any atom is -0.467 e. The number of para-hydroxylation sites is 1. The topological polar surface area (TPSA) is 55.1 Å². The van der Waals surface area contributed by atoms with E-state index in [2.05, 4.69) is 5.32 Å². The van der Waals surface area contributed by atoms with E-state index in [0.29, 0.717) is 12.3 Å². The van der Waals surface area contributed by atoms with Crippen molar-refractivity contribution in [2.75, 3.05) is 0 Å². The Bertz CT molecular complexity index is 1320. The van der Waals surface area contributed by atoms with Crippen LogP contribution in [0.3, 0.4) is 0 Å². The van der Waals surface area contributed by atoms with Crippen LogP contribution < -0.4 is 5.32 Å². The third-order valence-corrected chi connectivity index (χ3v) is 6.39. The SMILES string of the molecule is CC1=C(CC(=O)NCc2ccco2)c2cc(F)ccc2/C1=C\c1nc2ccccc2s1. The van der Waals surface area contributed by atoms with Gasteiger partial charge in [0.25, 0.3) is 0 Å². The molecule has 1 amide bonds. The van der Waals surface area contributed by atoms with E-state index in [1.165, 1.54) is 12.1 Å². The number of nitrogens with one attached hydrogen (secondary N) is 1. The van der Waals surface area contributed by atoms with Gasteiger partial charge in [-0.1, -0.05) is 18.2 Å². The highest BCUT2D eigenvalue weighted by molar-refractivity contribution is 7.19. The van der Waals surface area contributed by atoms with Crippen molar-refractivity contribution < 1.29 is 13.6 Å². The van der Waals surface area contributed by atoms with Crippen molar-refractivity contribution in [3.63, 3.8) is 0 Å². The van der Waals surface area contributed by atoms with E-state index >= 15 is 0 Å². The number of carbonyl (C=O) groups excluding carboxylic acids is 1. The number of fused-ring (bicyclic) bond motifs is 2. The van der Waals surface area contributed by atoms with E-state index in [-0.39, 0.29) is 18.1 Å². The van der Waals surface area contributed by atoms with Gasteiger partial charge < -0.3 is 9.73 Å². The number of carbonyl (C=O) groups is 1. The first-order valence-electron chi connectivity index (χ1n) is 9.95. The average molecular weight is 431 g/mol. The zero-order valence-corrected chi connectivity index (χ0v) is 17.6. The van der Waals surface area contributed by atoms with Crippen molar-refractivity contribution in [3.8, 4) is 0 Å². The minimum absolute atomic E-state index is 0.137. The van der Waals surface area contributed by atoms with Crippen molar-refractivity contribution >= 4 is 44.7 Å². The third-order valence-electron chi connectivity index (χ3n) is 5.41. The maximum absolute atomic E-state index is 14.1. The summed E-state index contributed by atoms with van der Waals surface area (Å²) in [4.78, 5) is 17.3. The smallest absolute Gasteiger partial charge is 0.224 e. The van der Waals surface area contributed by atoms with Crippen LogP contribution in [0.1, 0.15) is 35.2 Å². The van der Waals surface area contributed by atoms with E-state index in [1.807, 2.05) is 43.3 Å². The monoisotopic (exact) mass is 430 g/mol. The summed E-state index contributed by atoms with van der Waals surface area (Å²) in [6.45, 7) is 2.30. The van der Waals surface area contributed by atoms with Gasteiger partial charge in [0.2, 0.25) is 5.91 Å². The van der Waals surface area contributed by atoms with Crippen molar-refractivity contribution in [1.29, 1.82) is 0 Å². The Kier molecular flexibility index (Phi) is 5.00. The molecule has 1 aliphatic carbocycles. The molecule has 0 saturated heterocycles. The summed E-state index contributed by atoms with van der Waals surface area (Å²) in [6, 6.07) is 16.3. The molecule has 0 unspecified atom stereocenters. The van der Waals surface area contributed by atoms with Crippen LogP contribution in [0.15, 0.2) is 70.9 Å². The highest BCUT2D eigenvalue weighted by Crippen LogP contribution is 2.44. The zero-order chi connectivity index (χ0) is 21.4. The minimum atomic E-state index is -0.318.